The molecule has 0 bridgehead atoms. The van der Waals surface area contributed by atoms with Crippen LogP contribution in [-0.4, -0.2) is 54.3 Å². The van der Waals surface area contributed by atoms with E-state index in [1.54, 1.807) is 0 Å². The highest BCUT2D eigenvalue weighted by atomic mass is 19.2. The standard InChI is InChI=1S/C22H26F3N3O5/c1-33-20(31)10-26-22(32)17(6-12-2-3-12)27-18(29)9-15-4-5-19(30)28(15)11-13-7-14(23)8-16(24)21(13)25/h7-8,12,15,17H,2-6,9-11H2,1H3,(H,26,32)(H,27,29)/t15-,17-/m0/s1. The first-order valence-electron chi connectivity index (χ1n) is 10.7. The molecule has 33 heavy (non-hydrogen) atoms. The molecule has 11 heteroatoms. The number of likely N-dealkylation sites (tertiary alicyclic amines) is 1. The van der Waals surface area contributed by atoms with Crippen molar-refractivity contribution >= 4 is 23.7 Å². The molecule has 2 atom stereocenters. The van der Waals surface area contributed by atoms with E-state index in [9.17, 15) is 32.3 Å². The molecule has 1 saturated heterocycles. The van der Waals surface area contributed by atoms with Gasteiger partial charge in [0.15, 0.2) is 11.6 Å². The van der Waals surface area contributed by atoms with Gasteiger partial charge in [0.25, 0.3) is 0 Å². The van der Waals surface area contributed by atoms with E-state index >= 15 is 0 Å². The average Bonchev–Trinajstić information content (AvgIpc) is 3.53. The number of hydrogen-bond acceptors (Lipinski definition) is 5. The van der Waals surface area contributed by atoms with Crippen molar-refractivity contribution in [1.82, 2.24) is 15.5 Å². The van der Waals surface area contributed by atoms with E-state index in [2.05, 4.69) is 15.4 Å². The summed E-state index contributed by atoms with van der Waals surface area (Å²) in [5.41, 5.74) is -0.318. The Hall–Kier alpha value is -3.11. The van der Waals surface area contributed by atoms with E-state index in [4.69, 9.17) is 0 Å². The van der Waals surface area contributed by atoms with Crippen molar-refractivity contribution in [3.63, 3.8) is 0 Å². The highest BCUT2D eigenvalue weighted by Crippen LogP contribution is 2.33. The fourth-order valence-corrected chi connectivity index (χ4v) is 3.87. The normalized spacial score (nSPS) is 18.7. The van der Waals surface area contributed by atoms with E-state index in [1.807, 2.05) is 0 Å². The van der Waals surface area contributed by atoms with Gasteiger partial charge < -0.3 is 20.3 Å². The van der Waals surface area contributed by atoms with Crippen molar-refractivity contribution in [3.05, 3.63) is 35.1 Å². The zero-order chi connectivity index (χ0) is 24.1. The SMILES string of the molecule is COC(=O)CNC(=O)[C@H](CC1CC1)NC(=O)C[C@@H]1CCC(=O)N1Cc1cc(F)cc(F)c1F. The van der Waals surface area contributed by atoms with Crippen molar-refractivity contribution < 1.29 is 37.1 Å². The number of nitrogens with one attached hydrogen (secondary N) is 2. The number of carbonyl (C=O) groups excluding carboxylic acids is 4. The Morgan fingerprint density at radius 1 is 1.18 bits per heavy atom. The largest absolute Gasteiger partial charge is 0.468 e. The van der Waals surface area contributed by atoms with E-state index < -0.39 is 47.3 Å². The second kappa shape index (κ2) is 10.7. The quantitative estimate of drug-likeness (QED) is 0.400. The van der Waals surface area contributed by atoms with Crippen LogP contribution in [0.25, 0.3) is 0 Å². The summed E-state index contributed by atoms with van der Waals surface area (Å²) in [4.78, 5) is 49.9. The minimum Gasteiger partial charge on any atom is -0.468 e. The number of benzene rings is 1. The van der Waals surface area contributed by atoms with Gasteiger partial charge in [-0.25, -0.2) is 13.2 Å². The number of halogens is 3. The molecule has 1 saturated carbocycles. The van der Waals surface area contributed by atoms with Gasteiger partial charge in [0.1, 0.15) is 18.4 Å². The number of hydrogen-bond donors (Lipinski definition) is 2. The maximum atomic E-state index is 14.1. The van der Waals surface area contributed by atoms with E-state index in [-0.39, 0.29) is 37.4 Å². The molecule has 180 valence electrons. The van der Waals surface area contributed by atoms with Crippen LogP contribution in [0.5, 0.6) is 0 Å². The summed E-state index contributed by atoms with van der Waals surface area (Å²) in [6.45, 7) is -0.699. The predicted molar refractivity (Wildman–Crippen MR) is 109 cm³/mol. The molecule has 1 aliphatic carbocycles. The molecule has 2 aliphatic rings. The number of amides is 3. The van der Waals surface area contributed by atoms with Gasteiger partial charge >= 0.3 is 5.97 Å². The van der Waals surface area contributed by atoms with Crippen molar-refractivity contribution in [1.29, 1.82) is 0 Å². The molecule has 2 fully saturated rings. The zero-order valence-corrected chi connectivity index (χ0v) is 18.2. The minimum absolute atomic E-state index is 0.114. The van der Waals surface area contributed by atoms with Crippen molar-refractivity contribution in [2.75, 3.05) is 13.7 Å². The first-order chi connectivity index (χ1) is 15.7. The lowest BCUT2D eigenvalue weighted by Gasteiger charge is -2.26. The van der Waals surface area contributed by atoms with E-state index in [1.165, 1.54) is 12.0 Å². The first kappa shape index (κ1) is 24.5. The molecule has 0 spiro atoms. The molecule has 3 amide bonds. The average molecular weight is 469 g/mol. The molecule has 3 rings (SSSR count). The van der Waals surface area contributed by atoms with Gasteiger partial charge in [-0.2, -0.15) is 0 Å². The molecule has 8 nitrogen and oxygen atoms in total. The van der Waals surface area contributed by atoms with E-state index in [0.29, 0.717) is 24.8 Å². The summed E-state index contributed by atoms with van der Waals surface area (Å²) in [6, 6.07) is -0.225. The van der Waals surface area contributed by atoms with Crippen molar-refractivity contribution in [2.45, 2.75) is 57.2 Å². The molecule has 1 aliphatic heterocycles. The topological polar surface area (TPSA) is 105 Å². The third kappa shape index (κ3) is 6.69. The summed E-state index contributed by atoms with van der Waals surface area (Å²) < 4.78 is 45.6. The number of nitrogens with zero attached hydrogens (tertiary/aromatic N) is 1. The maximum Gasteiger partial charge on any atom is 0.325 e. The lowest BCUT2D eigenvalue weighted by molar-refractivity contribution is -0.141. The number of rotatable bonds is 10. The summed E-state index contributed by atoms with van der Waals surface area (Å²) in [6.07, 6.45) is 2.57. The van der Waals surface area contributed by atoms with Crippen LogP contribution in [0.1, 0.15) is 44.1 Å². The monoisotopic (exact) mass is 469 g/mol. The van der Waals surface area contributed by atoms with Crippen LogP contribution in [0.3, 0.4) is 0 Å². The van der Waals surface area contributed by atoms with Crippen LogP contribution < -0.4 is 10.6 Å². The Balaban J connectivity index is 1.62. The smallest absolute Gasteiger partial charge is 0.325 e. The second-order valence-electron chi connectivity index (χ2n) is 8.37. The lowest BCUT2D eigenvalue weighted by Crippen LogP contribution is -2.49. The molecule has 1 aromatic carbocycles. The van der Waals surface area contributed by atoms with E-state index in [0.717, 1.165) is 18.9 Å². The van der Waals surface area contributed by atoms with Gasteiger partial charge in [0.2, 0.25) is 17.7 Å². The third-order valence-electron chi connectivity index (χ3n) is 5.83. The Kier molecular flexibility index (Phi) is 7.93. The lowest BCUT2D eigenvalue weighted by atomic mass is 10.1. The Morgan fingerprint density at radius 2 is 1.91 bits per heavy atom. The highest BCUT2D eigenvalue weighted by molar-refractivity contribution is 5.90. The minimum atomic E-state index is -1.35. The zero-order valence-electron chi connectivity index (χ0n) is 18.2. The molecule has 1 aromatic rings. The predicted octanol–water partition coefficient (Wildman–Crippen LogP) is 1.56. The van der Waals surface area contributed by atoms with Gasteiger partial charge in [0.05, 0.1) is 7.11 Å². The Labute approximate surface area is 188 Å². The second-order valence-corrected chi connectivity index (χ2v) is 8.37. The molecule has 0 aromatic heterocycles. The first-order valence-corrected chi connectivity index (χ1v) is 10.7. The van der Waals surface area contributed by atoms with Crippen molar-refractivity contribution in [3.8, 4) is 0 Å². The maximum absolute atomic E-state index is 14.1. The van der Waals surface area contributed by atoms with Gasteiger partial charge in [-0.3, -0.25) is 19.2 Å². The molecule has 2 N–H and O–H groups in total. The van der Waals surface area contributed by atoms with Crippen LogP contribution in [0.4, 0.5) is 13.2 Å². The summed E-state index contributed by atoms with van der Waals surface area (Å²) in [5, 5.41) is 5.08. The number of esters is 1. The van der Waals surface area contributed by atoms with Crippen LogP contribution >= 0.6 is 0 Å². The third-order valence-corrected chi connectivity index (χ3v) is 5.83. The molecule has 1 heterocycles. The summed E-state index contributed by atoms with van der Waals surface area (Å²) in [7, 11) is 1.19. The molecule has 0 radical (unpaired) electrons. The van der Waals surface area contributed by atoms with Crippen LogP contribution in [0, 0.1) is 23.4 Å². The Bertz CT molecular complexity index is 938. The molecular formula is C22H26F3N3O5. The summed E-state index contributed by atoms with van der Waals surface area (Å²) in [5.74, 6) is -5.26. The van der Waals surface area contributed by atoms with Gasteiger partial charge in [-0.1, -0.05) is 12.8 Å². The summed E-state index contributed by atoms with van der Waals surface area (Å²) >= 11 is 0. The van der Waals surface area contributed by atoms with Crippen LogP contribution in [0.15, 0.2) is 12.1 Å². The molecule has 0 unspecified atom stereocenters. The number of ether oxygens (including phenoxy) is 1. The van der Waals surface area contributed by atoms with Crippen LogP contribution in [0.2, 0.25) is 0 Å². The Morgan fingerprint density at radius 3 is 2.58 bits per heavy atom. The fourth-order valence-electron chi connectivity index (χ4n) is 3.87. The van der Waals surface area contributed by atoms with Gasteiger partial charge in [-0.15, -0.1) is 0 Å². The number of methoxy groups -OCH3 is 1. The fraction of sp³-hybridized carbons (Fsp3) is 0.545. The van der Waals surface area contributed by atoms with Gasteiger partial charge in [0, 0.05) is 37.1 Å². The highest BCUT2D eigenvalue weighted by Gasteiger charge is 2.35. The molecular weight excluding hydrogens is 443 g/mol. The van der Waals surface area contributed by atoms with Crippen LogP contribution in [-0.2, 0) is 30.5 Å². The van der Waals surface area contributed by atoms with Gasteiger partial charge in [-0.05, 0) is 24.8 Å². The van der Waals surface area contributed by atoms with Crippen molar-refractivity contribution in [2.24, 2.45) is 5.92 Å². The number of carbonyl (C=O) groups is 4.